The van der Waals surface area contributed by atoms with E-state index in [9.17, 15) is 4.79 Å². The Morgan fingerprint density at radius 2 is 2.38 bits per heavy atom. The van der Waals surface area contributed by atoms with Gasteiger partial charge in [0.1, 0.15) is 5.54 Å². The molecule has 2 atom stereocenters. The van der Waals surface area contributed by atoms with Crippen molar-refractivity contribution < 1.29 is 9.53 Å². The molecule has 5 nitrogen and oxygen atoms in total. The molecule has 6 heteroatoms. The first-order valence-electron chi connectivity index (χ1n) is 7.53. The Balaban J connectivity index is 1.97. The van der Waals surface area contributed by atoms with Gasteiger partial charge >= 0.3 is 5.97 Å². The first-order chi connectivity index (χ1) is 9.93. The van der Waals surface area contributed by atoms with E-state index in [4.69, 9.17) is 4.74 Å². The molecule has 2 unspecified atom stereocenters. The number of ether oxygens (including phenoxy) is 1. The second kappa shape index (κ2) is 6.83. The van der Waals surface area contributed by atoms with Gasteiger partial charge in [-0.2, -0.15) is 5.10 Å². The summed E-state index contributed by atoms with van der Waals surface area (Å²) in [6, 6.07) is 0.468. The zero-order valence-corrected chi connectivity index (χ0v) is 14.1. The minimum atomic E-state index is -0.605. The van der Waals surface area contributed by atoms with Crippen LogP contribution in [-0.4, -0.2) is 39.2 Å². The molecule has 118 valence electrons. The number of carbonyl (C=O) groups is 1. The molecule has 1 aliphatic rings. The average molecular weight is 311 g/mol. The van der Waals surface area contributed by atoms with Crippen molar-refractivity contribution in [2.75, 3.05) is 6.61 Å². The topological polar surface area (TPSA) is 56.1 Å². The normalized spacial score (nSPS) is 19.0. The molecule has 0 bridgehead atoms. The molecule has 1 aliphatic carbocycles. The third-order valence-corrected chi connectivity index (χ3v) is 4.59. The van der Waals surface area contributed by atoms with Crippen LogP contribution in [-0.2, 0) is 16.6 Å². The van der Waals surface area contributed by atoms with Crippen LogP contribution in [0, 0.1) is 0 Å². The molecule has 1 heterocycles. The number of nitrogens with zero attached hydrogens (tertiary/aromatic N) is 2. The summed E-state index contributed by atoms with van der Waals surface area (Å²) < 4.78 is 7.06. The number of nitrogens with one attached hydrogen (secondary N) is 1. The lowest BCUT2D eigenvalue weighted by atomic mass is 9.95. The Kier molecular flexibility index (Phi) is 5.32. The van der Waals surface area contributed by atoms with Gasteiger partial charge in [0.05, 0.1) is 12.8 Å². The van der Waals surface area contributed by atoms with E-state index in [1.807, 2.05) is 33.3 Å². The zero-order chi connectivity index (χ0) is 15.5. The molecule has 0 spiro atoms. The predicted molar refractivity (Wildman–Crippen MR) is 84.3 cm³/mol. The van der Waals surface area contributed by atoms with Crippen LogP contribution in [0.3, 0.4) is 0 Å². The lowest BCUT2D eigenvalue weighted by Gasteiger charge is -2.31. The molecule has 2 rings (SSSR count). The fourth-order valence-electron chi connectivity index (χ4n) is 2.48. The molecular weight excluding hydrogens is 286 g/mol. The summed E-state index contributed by atoms with van der Waals surface area (Å²) in [6.07, 6.45) is 6.90. The number of hydrogen-bond acceptors (Lipinski definition) is 5. The van der Waals surface area contributed by atoms with Gasteiger partial charge in [0.25, 0.3) is 0 Å². The van der Waals surface area contributed by atoms with Gasteiger partial charge in [-0.3, -0.25) is 14.8 Å². The van der Waals surface area contributed by atoms with Crippen LogP contribution in [0.4, 0.5) is 0 Å². The Hall–Kier alpha value is -1.01. The van der Waals surface area contributed by atoms with Crippen molar-refractivity contribution in [2.45, 2.75) is 61.8 Å². The maximum Gasteiger partial charge on any atom is 0.326 e. The lowest BCUT2D eigenvalue weighted by Crippen LogP contribution is -2.52. The Morgan fingerprint density at radius 3 is 2.90 bits per heavy atom. The molecule has 0 radical (unpaired) electrons. The maximum absolute atomic E-state index is 12.3. The van der Waals surface area contributed by atoms with Crippen LogP contribution in [0.5, 0.6) is 0 Å². The molecular formula is C15H25N3O2S. The second-order valence-electron chi connectivity index (χ2n) is 5.95. The number of thioether (sulfide) groups is 1. The molecule has 0 aromatic carbocycles. The first kappa shape index (κ1) is 16.4. The fraction of sp³-hybridized carbons (Fsp3) is 0.733. The monoisotopic (exact) mass is 311 g/mol. The second-order valence-corrected chi connectivity index (χ2v) is 7.47. The summed E-state index contributed by atoms with van der Waals surface area (Å²) in [5.41, 5.74) is -0.605. The van der Waals surface area contributed by atoms with Gasteiger partial charge in [0.2, 0.25) is 0 Å². The maximum atomic E-state index is 12.3. The Bertz CT molecular complexity index is 487. The number of carbonyl (C=O) groups excluding carboxylic acids is 1. The van der Waals surface area contributed by atoms with Gasteiger partial charge in [-0.15, -0.1) is 11.8 Å². The van der Waals surface area contributed by atoms with Crippen molar-refractivity contribution in [3.63, 3.8) is 0 Å². The van der Waals surface area contributed by atoms with Crippen molar-refractivity contribution in [2.24, 2.45) is 7.05 Å². The van der Waals surface area contributed by atoms with Crippen molar-refractivity contribution in [1.82, 2.24) is 15.1 Å². The van der Waals surface area contributed by atoms with Crippen LogP contribution >= 0.6 is 11.8 Å². The molecule has 21 heavy (non-hydrogen) atoms. The third-order valence-electron chi connectivity index (χ3n) is 3.54. The molecule has 0 saturated heterocycles. The van der Waals surface area contributed by atoms with Crippen LogP contribution < -0.4 is 5.32 Å². The molecule has 1 aromatic heterocycles. The first-order valence-corrected chi connectivity index (χ1v) is 8.41. The van der Waals surface area contributed by atoms with E-state index in [-0.39, 0.29) is 5.97 Å². The van der Waals surface area contributed by atoms with Crippen LogP contribution in [0.2, 0.25) is 0 Å². The zero-order valence-electron chi connectivity index (χ0n) is 13.3. The quantitative estimate of drug-likeness (QED) is 0.590. The van der Waals surface area contributed by atoms with Gasteiger partial charge in [-0.25, -0.2) is 0 Å². The van der Waals surface area contributed by atoms with Gasteiger partial charge in [-0.05, 0) is 33.1 Å². The van der Waals surface area contributed by atoms with Gasteiger partial charge in [0, 0.05) is 29.4 Å². The van der Waals surface area contributed by atoms with Gasteiger partial charge in [-0.1, -0.05) is 6.92 Å². The fourth-order valence-corrected chi connectivity index (χ4v) is 3.68. The summed E-state index contributed by atoms with van der Waals surface area (Å²) in [5.74, 6) is -0.143. The van der Waals surface area contributed by atoms with Crippen molar-refractivity contribution in [3.05, 3.63) is 12.4 Å². The van der Waals surface area contributed by atoms with Crippen molar-refractivity contribution >= 4 is 17.7 Å². The summed E-state index contributed by atoms with van der Waals surface area (Å²) in [5, 5.41) is 7.94. The molecule has 1 fully saturated rings. The molecule has 1 saturated carbocycles. The Labute approximate surface area is 130 Å². The highest BCUT2D eigenvalue weighted by molar-refractivity contribution is 7.99. The number of esters is 1. The van der Waals surface area contributed by atoms with Crippen LogP contribution in [0.25, 0.3) is 0 Å². The van der Waals surface area contributed by atoms with E-state index in [0.717, 1.165) is 24.2 Å². The SMILES string of the molecule is CCOC(=O)C(C)(CC(C)Sc1cnn(C)c1)NC1CC1. The Morgan fingerprint density at radius 1 is 1.67 bits per heavy atom. The van der Waals surface area contributed by atoms with Gasteiger partial charge in [0.15, 0.2) is 0 Å². The highest BCUT2D eigenvalue weighted by Gasteiger charge is 2.40. The summed E-state index contributed by atoms with van der Waals surface area (Å²) in [7, 11) is 1.91. The number of aryl methyl sites for hydroxylation is 1. The standard InChI is InChI=1S/C15H25N3O2S/c1-5-20-14(19)15(3,17-12-6-7-12)8-11(2)21-13-9-16-18(4)10-13/h9-12,17H,5-8H2,1-4H3. The summed E-state index contributed by atoms with van der Waals surface area (Å²) in [6.45, 7) is 6.38. The largest absolute Gasteiger partial charge is 0.465 e. The number of hydrogen-bond donors (Lipinski definition) is 1. The van der Waals surface area contributed by atoms with Crippen molar-refractivity contribution in [1.29, 1.82) is 0 Å². The highest BCUT2D eigenvalue weighted by Crippen LogP contribution is 2.31. The van der Waals surface area contributed by atoms with E-state index >= 15 is 0 Å². The minimum absolute atomic E-state index is 0.143. The third kappa shape index (κ3) is 4.74. The molecule has 0 aliphatic heterocycles. The molecule has 1 N–H and O–H groups in total. The van der Waals surface area contributed by atoms with Crippen LogP contribution in [0.1, 0.15) is 40.0 Å². The van der Waals surface area contributed by atoms with E-state index in [1.54, 1.807) is 16.4 Å². The molecule has 1 aromatic rings. The van der Waals surface area contributed by atoms with E-state index in [0.29, 0.717) is 17.9 Å². The molecule has 0 amide bonds. The average Bonchev–Trinajstić information content (AvgIpc) is 3.11. The number of rotatable bonds is 8. The van der Waals surface area contributed by atoms with E-state index in [1.165, 1.54) is 0 Å². The highest BCUT2D eigenvalue weighted by atomic mass is 32.2. The van der Waals surface area contributed by atoms with E-state index in [2.05, 4.69) is 17.3 Å². The smallest absolute Gasteiger partial charge is 0.326 e. The minimum Gasteiger partial charge on any atom is -0.465 e. The van der Waals surface area contributed by atoms with E-state index < -0.39 is 5.54 Å². The predicted octanol–water partition coefficient (Wildman–Crippen LogP) is 2.36. The number of aromatic nitrogens is 2. The van der Waals surface area contributed by atoms with Gasteiger partial charge < -0.3 is 4.74 Å². The summed E-state index contributed by atoms with van der Waals surface area (Å²) >= 11 is 1.74. The van der Waals surface area contributed by atoms with Crippen molar-refractivity contribution in [3.8, 4) is 0 Å². The van der Waals surface area contributed by atoms with Crippen LogP contribution in [0.15, 0.2) is 17.3 Å². The lowest BCUT2D eigenvalue weighted by molar-refractivity contribution is -0.150. The summed E-state index contributed by atoms with van der Waals surface area (Å²) in [4.78, 5) is 13.4.